The van der Waals surface area contributed by atoms with Crippen molar-refractivity contribution in [2.75, 3.05) is 13.2 Å². The highest BCUT2D eigenvalue weighted by molar-refractivity contribution is 9.10. The van der Waals surface area contributed by atoms with Crippen molar-refractivity contribution in [1.29, 1.82) is 0 Å². The number of aryl methyl sites for hydroxylation is 1. The van der Waals surface area contributed by atoms with Crippen LogP contribution in [0.1, 0.15) is 37.0 Å². The number of hydrogen-bond acceptors (Lipinski definition) is 4. The highest BCUT2D eigenvalue weighted by Gasteiger charge is 2.55. The molecule has 6 nitrogen and oxygen atoms in total. The molecule has 0 radical (unpaired) electrons. The fraction of sp³-hybridized carbons (Fsp3) is 0.364. The number of urea groups is 1. The van der Waals surface area contributed by atoms with Gasteiger partial charge in [-0.3, -0.25) is 9.69 Å². The molecule has 3 amide bonds. The van der Waals surface area contributed by atoms with Crippen molar-refractivity contribution in [1.82, 2.24) is 10.2 Å². The Morgan fingerprint density at radius 1 is 1.10 bits per heavy atom. The lowest BCUT2D eigenvalue weighted by Gasteiger charge is -2.22. The van der Waals surface area contributed by atoms with Gasteiger partial charge in [0.25, 0.3) is 5.91 Å². The third-order valence-corrected chi connectivity index (χ3v) is 6.20. The van der Waals surface area contributed by atoms with E-state index in [0.717, 1.165) is 27.6 Å². The molecular weight excluding hydrogens is 436 g/mol. The van der Waals surface area contributed by atoms with Crippen molar-refractivity contribution in [2.45, 2.75) is 38.8 Å². The van der Waals surface area contributed by atoms with Gasteiger partial charge in [-0.1, -0.05) is 40.2 Å². The molecule has 1 N–H and O–H groups in total. The van der Waals surface area contributed by atoms with E-state index in [4.69, 9.17) is 9.47 Å². The van der Waals surface area contributed by atoms with E-state index in [0.29, 0.717) is 31.1 Å². The summed E-state index contributed by atoms with van der Waals surface area (Å²) < 4.78 is 12.1. The van der Waals surface area contributed by atoms with Gasteiger partial charge in [0, 0.05) is 4.47 Å². The van der Waals surface area contributed by atoms with Crippen LogP contribution in [0.15, 0.2) is 40.9 Å². The Kier molecular flexibility index (Phi) is 5.25. The molecule has 4 rings (SSSR count). The molecule has 1 heterocycles. The van der Waals surface area contributed by atoms with E-state index in [2.05, 4.69) is 21.2 Å². The fourth-order valence-electron chi connectivity index (χ4n) is 4.14. The van der Waals surface area contributed by atoms with Crippen molar-refractivity contribution >= 4 is 27.9 Å². The number of rotatable bonds is 6. The predicted molar refractivity (Wildman–Crippen MR) is 112 cm³/mol. The van der Waals surface area contributed by atoms with Crippen LogP contribution in [0.2, 0.25) is 0 Å². The first-order chi connectivity index (χ1) is 14.0. The van der Waals surface area contributed by atoms with Crippen LogP contribution in [-0.4, -0.2) is 30.1 Å². The first-order valence-corrected chi connectivity index (χ1v) is 10.6. The van der Waals surface area contributed by atoms with Crippen LogP contribution in [-0.2, 0) is 23.3 Å². The molecule has 1 aliphatic heterocycles. The molecule has 2 aliphatic rings. The summed E-state index contributed by atoms with van der Waals surface area (Å²) in [6.07, 6.45) is 1.36. The van der Waals surface area contributed by atoms with Crippen molar-refractivity contribution in [2.24, 2.45) is 0 Å². The van der Waals surface area contributed by atoms with Gasteiger partial charge in [0.15, 0.2) is 11.5 Å². The SMILES string of the molecule is CCOc1cc(Br)c(CN2C(=O)N[C@]3(CCc4ccccc43)C2=O)cc1OCC. The second kappa shape index (κ2) is 7.71. The highest BCUT2D eigenvalue weighted by atomic mass is 79.9. The van der Waals surface area contributed by atoms with E-state index in [1.165, 1.54) is 4.90 Å². The van der Waals surface area contributed by atoms with Crippen molar-refractivity contribution in [3.05, 3.63) is 57.6 Å². The van der Waals surface area contributed by atoms with Gasteiger partial charge in [0.1, 0.15) is 5.54 Å². The first-order valence-electron chi connectivity index (χ1n) is 9.80. The van der Waals surface area contributed by atoms with Gasteiger partial charge in [-0.15, -0.1) is 0 Å². The van der Waals surface area contributed by atoms with E-state index < -0.39 is 5.54 Å². The maximum atomic E-state index is 13.4. The monoisotopic (exact) mass is 458 g/mol. The zero-order chi connectivity index (χ0) is 20.6. The number of ether oxygens (including phenoxy) is 2. The van der Waals surface area contributed by atoms with E-state index in [1.54, 1.807) is 0 Å². The molecular formula is C22H23BrN2O4. The largest absolute Gasteiger partial charge is 0.490 e. The van der Waals surface area contributed by atoms with Gasteiger partial charge in [-0.05, 0) is 55.5 Å². The van der Waals surface area contributed by atoms with Gasteiger partial charge >= 0.3 is 6.03 Å². The van der Waals surface area contributed by atoms with Crippen molar-refractivity contribution < 1.29 is 19.1 Å². The molecule has 7 heteroatoms. The molecule has 0 aromatic heterocycles. The zero-order valence-corrected chi connectivity index (χ0v) is 18.0. The number of carbonyl (C=O) groups is 2. The average Bonchev–Trinajstić information content (AvgIpc) is 3.19. The second-order valence-corrected chi connectivity index (χ2v) is 7.99. The zero-order valence-electron chi connectivity index (χ0n) is 16.5. The molecule has 0 saturated carbocycles. The van der Waals surface area contributed by atoms with Crippen LogP contribution < -0.4 is 14.8 Å². The normalized spacial score (nSPS) is 20.2. The quantitative estimate of drug-likeness (QED) is 0.660. The molecule has 1 saturated heterocycles. The molecule has 0 unspecified atom stereocenters. The molecule has 1 spiro atoms. The standard InChI is InChI=1S/C22H23BrN2O4/c1-3-28-18-11-15(17(23)12-19(18)29-4-2)13-25-20(26)22(24-21(25)27)10-9-14-7-5-6-8-16(14)22/h5-8,11-12H,3-4,9-10,13H2,1-2H3,(H,24,27)/t22-/m0/s1. The minimum atomic E-state index is -0.950. The number of fused-ring (bicyclic) bond motifs is 2. The minimum Gasteiger partial charge on any atom is -0.490 e. The molecule has 2 aromatic carbocycles. The molecule has 2 aromatic rings. The highest BCUT2D eigenvalue weighted by Crippen LogP contribution is 2.42. The van der Waals surface area contributed by atoms with Gasteiger partial charge in [0.2, 0.25) is 0 Å². The summed E-state index contributed by atoms with van der Waals surface area (Å²) >= 11 is 3.55. The Labute approximate surface area is 178 Å². The van der Waals surface area contributed by atoms with E-state index >= 15 is 0 Å². The number of nitrogens with zero attached hydrogens (tertiary/aromatic N) is 1. The fourth-order valence-corrected chi connectivity index (χ4v) is 4.59. The summed E-state index contributed by atoms with van der Waals surface area (Å²) in [5.74, 6) is 1.02. The first kappa shape index (κ1) is 19.8. The molecule has 152 valence electrons. The third kappa shape index (κ3) is 3.27. The summed E-state index contributed by atoms with van der Waals surface area (Å²) in [6.45, 7) is 4.96. The molecule has 1 atom stereocenters. The van der Waals surface area contributed by atoms with Crippen molar-refractivity contribution in [3.8, 4) is 11.5 Å². The topological polar surface area (TPSA) is 67.9 Å². The van der Waals surface area contributed by atoms with Crippen LogP contribution in [0.5, 0.6) is 11.5 Å². The van der Waals surface area contributed by atoms with E-state index in [9.17, 15) is 9.59 Å². The van der Waals surface area contributed by atoms with Crippen LogP contribution in [0.4, 0.5) is 4.79 Å². The molecule has 1 aliphatic carbocycles. The van der Waals surface area contributed by atoms with Gasteiger partial charge < -0.3 is 14.8 Å². The molecule has 1 fully saturated rings. The van der Waals surface area contributed by atoms with Gasteiger partial charge in [-0.2, -0.15) is 0 Å². The van der Waals surface area contributed by atoms with E-state index in [-0.39, 0.29) is 18.5 Å². The minimum absolute atomic E-state index is 0.154. The maximum absolute atomic E-state index is 13.4. The lowest BCUT2D eigenvalue weighted by molar-refractivity contribution is -0.132. The Morgan fingerprint density at radius 2 is 1.79 bits per heavy atom. The summed E-state index contributed by atoms with van der Waals surface area (Å²) in [7, 11) is 0. The smallest absolute Gasteiger partial charge is 0.325 e. The Hall–Kier alpha value is -2.54. The number of carbonyl (C=O) groups excluding carboxylic acids is 2. The van der Waals surface area contributed by atoms with Crippen LogP contribution >= 0.6 is 15.9 Å². The lowest BCUT2D eigenvalue weighted by Crippen LogP contribution is -2.41. The summed E-state index contributed by atoms with van der Waals surface area (Å²) in [4.78, 5) is 27.4. The Bertz CT molecular complexity index is 977. The van der Waals surface area contributed by atoms with Gasteiger partial charge in [0.05, 0.1) is 19.8 Å². The Morgan fingerprint density at radius 3 is 2.52 bits per heavy atom. The average molecular weight is 459 g/mol. The molecule has 0 bridgehead atoms. The third-order valence-electron chi connectivity index (χ3n) is 5.46. The number of nitrogens with one attached hydrogen (secondary N) is 1. The van der Waals surface area contributed by atoms with Crippen LogP contribution in [0, 0.1) is 0 Å². The number of imide groups is 1. The number of amides is 3. The van der Waals surface area contributed by atoms with Crippen LogP contribution in [0.3, 0.4) is 0 Å². The summed E-state index contributed by atoms with van der Waals surface area (Å²) in [6, 6.07) is 11.1. The van der Waals surface area contributed by atoms with E-state index in [1.807, 2.05) is 50.2 Å². The summed E-state index contributed by atoms with van der Waals surface area (Å²) in [5.41, 5.74) is 1.85. The second-order valence-electron chi connectivity index (χ2n) is 7.14. The van der Waals surface area contributed by atoms with Crippen molar-refractivity contribution in [3.63, 3.8) is 0 Å². The number of benzene rings is 2. The van der Waals surface area contributed by atoms with Gasteiger partial charge in [-0.25, -0.2) is 4.79 Å². The number of hydrogen-bond donors (Lipinski definition) is 1. The van der Waals surface area contributed by atoms with Crippen LogP contribution in [0.25, 0.3) is 0 Å². The number of halogens is 1. The molecule has 29 heavy (non-hydrogen) atoms. The Balaban J connectivity index is 1.65. The summed E-state index contributed by atoms with van der Waals surface area (Å²) in [5, 5.41) is 2.96. The maximum Gasteiger partial charge on any atom is 0.325 e. The lowest BCUT2D eigenvalue weighted by atomic mass is 9.92. The predicted octanol–water partition coefficient (Wildman–Crippen LogP) is 4.14.